The minimum absolute atomic E-state index is 0.0123. The zero-order chi connectivity index (χ0) is 20.3. The third kappa shape index (κ3) is 4.73. The molecule has 1 aliphatic rings. The second-order valence-corrected chi connectivity index (χ2v) is 6.82. The number of phenols is 2. The first-order valence-corrected chi connectivity index (χ1v) is 8.95. The van der Waals surface area contributed by atoms with E-state index in [-0.39, 0.29) is 11.5 Å². The van der Waals surface area contributed by atoms with E-state index in [0.717, 1.165) is 11.1 Å². The Bertz CT molecular complexity index is 756. The van der Waals surface area contributed by atoms with Crippen LogP contribution in [0, 0.1) is 0 Å². The van der Waals surface area contributed by atoms with E-state index in [1.54, 1.807) is 24.3 Å². The van der Waals surface area contributed by atoms with Crippen LogP contribution < -0.4 is 4.74 Å². The minimum Gasteiger partial charge on any atom is -0.508 e. The van der Waals surface area contributed by atoms with E-state index in [0.29, 0.717) is 18.6 Å². The summed E-state index contributed by atoms with van der Waals surface area (Å²) in [6.07, 6.45) is -5.35. The van der Waals surface area contributed by atoms with Crippen molar-refractivity contribution < 1.29 is 40.1 Å². The molecule has 28 heavy (non-hydrogen) atoms. The van der Waals surface area contributed by atoms with Gasteiger partial charge in [0.1, 0.15) is 41.7 Å². The number of rotatable bonds is 6. The normalized spacial score (nSPS) is 27.5. The molecule has 1 aliphatic heterocycles. The van der Waals surface area contributed by atoms with E-state index in [1.807, 2.05) is 12.1 Å². The highest BCUT2D eigenvalue weighted by Crippen LogP contribution is 2.25. The van der Waals surface area contributed by atoms with Gasteiger partial charge in [-0.25, -0.2) is 0 Å². The van der Waals surface area contributed by atoms with Crippen LogP contribution in [-0.2, 0) is 17.6 Å². The molecule has 0 unspecified atom stereocenters. The molecule has 8 heteroatoms. The van der Waals surface area contributed by atoms with Crippen LogP contribution in [0.25, 0.3) is 0 Å². The van der Waals surface area contributed by atoms with Crippen LogP contribution >= 0.6 is 0 Å². The summed E-state index contributed by atoms with van der Waals surface area (Å²) in [5, 5.41) is 57.8. The first kappa shape index (κ1) is 20.4. The van der Waals surface area contributed by atoms with Crippen LogP contribution in [-0.4, -0.2) is 68.0 Å². The summed E-state index contributed by atoms with van der Waals surface area (Å²) in [5.74, 6) is 0.416. The lowest BCUT2D eigenvalue weighted by Crippen LogP contribution is -2.60. The van der Waals surface area contributed by atoms with Crippen molar-refractivity contribution in [2.24, 2.45) is 0 Å². The number of aliphatic hydroxyl groups excluding tert-OH is 4. The lowest BCUT2D eigenvalue weighted by molar-refractivity contribution is -0.277. The molecule has 0 aromatic heterocycles. The lowest BCUT2D eigenvalue weighted by Gasteiger charge is -2.39. The Morgan fingerprint density at radius 1 is 0.786 bits per heavy atom. The van der Waals surface area contributed by atoms with Gasteiger partial charge < -0.3 is 40.1 Å². The van der Waals surface area contributed by atoms with E-state index in [1.165, 1.54) is 6.07 Å². The largest absolute Gasteiger partial charge is 0.508 e. The van der Waals surface area contributed by atoms with Crippen molar-refractivity contribution in [3.63, 3.8) is 0 Å². The van der Waals surface area contributed by atoms with Crippen molar-refractivity contribution in [3.05, 3.63) is 53.6 Å². The van der Waals surface area contributed by atoms with Gasteiger partial charge in [-0.1, -0.05) is 12.1 Å². The molecule has 6 N–H and O–H groups in total. The van der Waals surface area contributed by atoms with Crippen LogP contribution in [0.4, 0.5) is 0 Å². The van der Waals surface area contributed by atoms with Gasteiger partial charge in [0.2, 0.25) is 6.29 Å². The summed E-state index contributed by atoms with van der Waals surface area (Å²) >= 11 is 0. The molecule has 152 valence electrons. The van der Waals surface area contributed by atoms with Gasteiger partial charge in [-0.15, -0.1) is 0 Å². The van der Waals surface area contributed by atoms with Crippen LogP contribution in [0.5, 0.6) is 17.2 Å². The van der Waals surface area contributed by atoms with E-state index in [2.05, 4.69) is 0 Å². The van der Waals surface area contributed by atoms with Crippen molar-refractivity contribution in [1.29, 1.82) is 0 Å². The molecule has 0 saturated carbocycles. The highest BCUT2D eigenvalue weighted by Gasteiger charge is 2.44. The molecular weight excluding hydrogens is 368 g/mol. The molecule has 0 bridgehead atoms. The molecule has 2 aromatic rings. The Morgan fingerprint density at radius 2 is 1.39 bits per heavy atom. The number of hydrogen-bond acceptors (Lipinski definition) is 8. The van der Waals surface area contributed by atoms with Gasteiger partial charge in [-0.05, 0) is 48.2 Å². The van der Waals surface area contributed by atoms with Gasteiger partial charge >= 0.3 is 0 Å². The molecule has 5 atom stereocenters. The van der Waals surface area contributed by atoms with Gasteiger partial charge in [0, 0.05) is 6.07 Å². The van der Waals surface area contributed by atoms with Crippen molar-refractivity contribution in [3.8, 4) is 17.2 Å². The number of phenolic OH excluding ortho intramolecular Hbond substituents is 2. The molecule has 1 heterocycles. The Kier molecular flexibility index (Phi) is 6.38. The third-order valence-electron chi connectivity index (χ3n) is 4.69. The van der Waals surface area contributed by atoms with Crippen LogP contribution in [0.15, 0.2) is 42.5 Å². The topological polar surface area (TPSA) is 140 Å². The predicted octanol–water partition coefficient (Wildman–Crippen LogP) is 0.0617. The summed E-state index contributed by atoms with van der Waals surface area (Å²) < 4.78 is 10.9. The number of aromatic hydroxyl groups is 2. The van der Waals surface area contributed by atoms with Gasteiger partial charge in [0.05, 0.1) is 6.61 Å². The molecule has 0 amide bonds. The Labute approximate surface area is 161 Å². The molecule has 1 saturated heterocycles. The van der Waals surface area contributed by atoms with Crippen LogP contribution in [0.3, 0.4) is 0 Å². The maximum atomic E-state index is 10.0. The quantitative estimate of drug-likeness (QED) is 0.406. The highest BCUT2D eigenvalue weighted by molar-refractivity contribution is 5.37. The fraction of sp³-hybridized carbons (Fsp3) is 0.400. The monoisotopic (exact) mass is 392 g/mol. The SMILES string of the molecule is OC[C@H]1O[C@@H](Oc2ccc(CCc3cc(O)cc(O)c3)cc2)[C@H](O)[C@@H](O)[C@@H]1O. The highest BCUT2D eigenvalue weighted by atomic mass is 16.7. The smallest absolute Gasteiger partial charge is 0.229 e. The second kappa shape index (κ2) is 8.76. The van der Waals surface area contributed by atoms with Crippen molar-refractivity contribution in [1.82, 2.24) is 0 Å². The molecule has 3 rings (SSSR count). The minimum atomic E-state index is -1.49. The Morgan fingerprint density at radius 3 is 2.00 bits per heavy atom. The Hall–Kier alpha value is -2.36. The van der Waals surface area contributed by atoms with E-state index in [9.17, 15) is 30.6 Å². The third-order valence-corrected chi connectivity index (χ3v) is 4.69. The molecule has 2 aromatic carbocycles. The number of benzene rings is 2. The van der Waals surface area contributed by atoms with E-state index in [4.69, 9.17) is 9.47 Å². The second-order valence-electron chi connectivity index (χ2n) is 6.82. The first-order chi connectivity index (χ1) is 13.4. The van der Waals surface area contributed by atoms with Gasteiger partial charge in [0.25, 0.3) is 0 Å². The molecular formula is C20H24O8. The predicted molar refractivity (Wildman–Crippen MR) is 98.0 cm³/mol. The van der Waals surface area contributed by atoms with Gasteiger partial charge in [0.15, 0.2) is 0 Å². The van der Waals surface area contributed by atoms with Crippen molar-refractivity contribution in [2.75, 3.05) is 6.61 Å². The van der Waals surface area contributed by atoms with Crippen molar-refractivity contribution in [2.45, 2.75) is 43.5 Å². The summed E-state index contributed by atoms with van der Waals surface area (Å²) in [5.41, 5.74) is 1.79. The fourth-order valence-electron chi connectivity index (χ4n) is 3.12. The number of ether oxygens (including phenoxy) is 2. The zero-order valence-electron chi connectivity index (χ0n) is 15.0. The zero-order valence-corrected chi connectivity index (χ0v) is 15.0. The Balaban J connectivity index is 1.59. The molecule has 1 fully saturated rings. The number of hydrogen-bond donors (Lipinski definition) is 6. The lowest BCUT2D eigenvalue weighted by atomic mass is 9.99. The molecule has 0 radical (unpaired) electrons. The van der Waals surface area contributed by atoms with Gasteiger partial charge in [-0.3, -0.25) is 0 Å². The first-order valence-electron chi connectivity index (χ1n) is 8.95. The molecule has 8 nitrogen and oxygen atoms in total. The van der Waals surface area contributed by atoms with Gasteiger partial charge in [-0.2, -0.15) is 0 Å². The van der Waals surface area contributed by atoms with E-state index < -0.39 is 37.3 Å². The fourth-order valence-corrected chi connectivity index (χ4v) is 3.12. The van der Waals surface area contributed by atoms with Crippen LogP contribution in [0.1, 0.15) is 11.1 Å². The van der Waals surface area contributed by atoms with E-state index >= 15 is 0 Å². The summed E-state index contributed by atoms with van der Waals surface area (Å²) in [4.78, 5) is 0. The summed E-state index contributed by atoms with van der Waals surface area (Å²) in [6.45, 7) is -0.520. The summed E-state index contributed by atoms with van der Waals surface area (Å²) in [7, 11) is 0. The number of aliphatic hydroxyl groups is 4. The standard InChI is InChI=1S/C20H24O8/c21-10-16-17(24)18(25)19(26)20(28-16)27-15-5-3-11(4-6-15)1-2-12-7-13(22)9-14(23)8-12/h3-9,16-26H,1-2,10H2/t16-,17-,18+,19-,20-/m1/s1. The average molecular weight is 392 g/mol. The van der Waals surface area contributed by atoms with Crippen LogP contribution in [0.2, 0.25) is 0 Å². The molecule has 0 spiro atoms. The maximum absolute atomic E-state index is 10.0. The average Bonchev–Trinajstić information content (AvgIpc) is 2.67. The summed E-state index contributed by atoms with van der Waals surface area (Å²) in [6, 6.07) is 11.5. The maximum Gasteiger partial charge on any atom is 0.229 e. The molecule has 0 aliphatic carbocycles. The van der Waals surface area contributed by atoms with Crippen molar-refractivity contribution >= 4 is 0 Å². The number of aryl methyl sites for hydroxylation is 2.